The van der Waals surface area contributed by atoms with Crippen molar-refractivity contribution in [3.63, 3.8) is 0 Å². The fourth-order valence-corrected chi connectivity index (χ4v) is 8.58. The van der Waals surface area contributed by atoms with Crippen LogP contribution >= 0.6 is 0 Å². The van der Waals surface area contributed by atoms with Gasteiger partial charge in [-0.15, -0.1) is 0 Å². The van der Waals surface area contributed by atoms with Crippen LogP contribution in [0, 0.1) is 23.2 Å². The predicted octanol–water partition coefficient (Wildman–Crippen LogP) is 4.73. The van der Waals surface area contributed by atoms with Gasteiger partial charge in [0.05, 0.1) is 15.6 Å². The maximum Gasteiger partial charge on any atom is 0.160 e. The SMILES string of the molecule is C[C@H](CCC1(S(=O)(=O)C(C)(C)C)CC1)[C@H]1CC[C@H]2[C@@H](O)CCC[C@]12C. The molecule has 0 bridgehead atoms. The molecule has 0 spiro atoms. The molecule has 3 aliphatic rings. The molecule has 3 fully saturated rings. The summed E-state index contributed by atoms with van der Waals surface area (Å²) in [5, 5.41) is 10.4. The van der Waals surface area contributed by atoms with Crippen LogP contribution in [0.3, 0.4) is 0 Å². The Hall–Kier alpha value is -0.0900. The summed E-state index contributed by atoms with van der Waals surface area (Å²) in [5.41, 5.74) is 0.261. The van der Waals surface area contributed by atoms with E-state index in [2.05, 4.69) is 13.8 Å². The maximum atomic E-state index is 13.0. The summed E-state index contributed by atoms with van der Waals surface area (Å²) in [4.78, 5) is 0. The van der Waals surface area contributed by atoms with Crippen LogP contribution in [0.2, 0.25) is 0 Å². The lowest BCUT2D eigenvalue weighted by molar-refractivity contribution is -0.0278. The van der Waals surface area contributed by atoms with Crippen molar-refractivity contribution in [2.45, 2.75) is 108 Å². The molecule has 4 heteroatoms. The molecule has 1 N–H and O–H groups in total. The molecule has 3 aliphatic carbocycles. The van der Waals surface area contributed by atoms with Crippen molar-refractivity contribution < 1.29 is 13.5 Å². The molecular formula is C21H38O3S. The van der Waals surface area contributed by atoms with E-state index in [1.165, 1.54) is 12.8 Å². The molecule has 0 saturated heterocycles. The van der Waals surface area contributed by atoms with Crippen LogP contribution < -0.4 is 0 Å². The van der Waals surface area contributed by atoms with E-state index in [-0.39, 0.29) is 11.5 Å². The first-order valence-electron chi connectivity index (χ1n) is 10.4. The molecule has 3 nitrogen and oxygen atoms in total. The summed E-state index contributed by atoms with van der Waals surface area (Å²) in [6, 6.07) is 0. The van der Waals surface area contributed by atoms with Gasteiger partial charge in [0.15, 0.2) is 9.84 Å². The zero-order valence-corrected chi connectivity index (χ0v) is 17.7. The van der Waals surface area contributed by atoms with Crippen LogP contribution in [0.15, 0.2) is 0 Å². The van der Waals surface area contributed by atoms with Crippen molar-refractivity contribution in [3.8, 4) is 0 Å². The van der Waals surface area contributed by atoms with Crippen molar-refractivity contribution in [1.82, 2.24) is 0 Å². The highest BCUT2D eigenvalue weighted by Crippen LogP contribution is 2.59. The largest absolute Gasteiger partial charge is 0.393 e. The molecule has 3 saturated carbocycles. The minimum atomic E-state index is -3.07. The molecule has 0 aromatic carbocycles. The van der Waals surface area contributed by atoms with Gasteiger partial charge in [0.1, 0.15) is 0 Å². The molecule has 0 radical (unpaired) electrons. The van der Waals surface area contributed by atoms with Gasteiger partial charge in [-0.2, -0.15) is 0 Å². The second-order valence-electron chi connectivity index (χ2n) is 10.6. The van der Waals surface area contributed by atoms with Crippen molar-refractivity contribution in [2.24, 2.45) is 23.2 Å². The van der Waals surface area contributed by atoms with E-state index >= 15 is 0 Å². The maximum absolute atomic E-state index is 13.0. The smallest absolute Gasteiger partial charge is 0.160 e. The Kier molecular flexibility index (Phi) is 4.89. The van der Waals surface area contributed by atoms with Gasteiger partial charge in [-0.1, -0.05) is 20.3 Å². The standard InChI is InChI=1S/C21H38O3S/c1-15(10-12-21(13-14-21)25(23,24)19(2,3)4)16-8-9-17-18(22)7-6-11-20(16,17)5/h15-18,22H,6-14H2,1-5H3/t15-,16-,17+,18+,20-/m1/s1. The molecule has 25 heavy (non-hydrogen) atoms. The summed E-state index contributed by atoms with van der Waals surface area (Å²) in [7, 11) is -3.07. The van der Waals surface area contributed by atoms with Gasteiger partial charge in [-0.05, 0) is 95.3 Å². The summed E-state index contributed by atoms with van der Waals surface area (Å²) < 4.78 is 24.9. The minimum Gasteiger partial charge on any atom is -0.393 e. The molecule has 0 amide bonds. The van der Waals surface area contributed by atoms with E-state index in [9.17, 15) is 13.5 Å². The Balaban J connectivity index is 1.67. The minimum absolute atomic E-state index is 0.119. The van der Waals surface area contributed by atoms with E-state index in [0.717, 1.165) is 44.9 Å². The summed E-state index contributed by atoms with van der Waals surface area (Å²) >= 11 is 0. The van der Waals surface area contributed by atoms with Crippen LogP contribution in [0.4, 0.5) is 0 Å². The van der Waals surface area contributed by atoms with E-state index in [4.69, 9.17) is 0 Å². The quantitative estimate of drug-likeness (QED) is 0.761. The molecule has 3 rings (SSSR count). The number of sulfone groups is 1. The number of hydrogen-bond acceptors (Lipinski definition) is 3. The normalized spacial score (nSPS) is 39.0. The fourth-order valence-electron chi connectivity index (χ4n) is 6.26. The van der Waals surface area contributed by atoms with Crippen LogP contribution in [0.5, 0.6) is 0 Å². The molecule has 0 heterocycles. The molecule has 0 unspecified atom stereocenters. The van der Waals surface area contributed by atoms with Crippen molar-refractivity contribution in [3.05, 3.63) is 0 Å². The van der Waals surface area contributed by atoms with E-state index in [0.29, 0.717) is 17.8 Å². The Bertz CT molecular complexity index is 599. The number of fused-ring (bicyclic) bond motifs is 1. The zero-order valence-electron chi connectivity index (χ0n) is 16.8. The van der Waals surface area contributed by atoms with Crippen molar-refractivity contribution in [1.29, 1.82) is 0 Å². The van der Waals surface area contributed by atoms with E-state index in [1.807, 2.05) is 20.8 Å². The summed E-state index contributed by atoms with van der Waals surface area (Å²) in [6.45, 7) is 10.3. The van der Waals surface area contributed by atoms with Gasteiger partial charge >= 0.3 is 0 Å². The average Bonchev–Trinajstić information content (AvgIpc) is 3.21. The highest BCUT2D eigenvalue weighted by atomic mass is 32.2. The summed E-state index contributed by atoms with van der Waals surface area (Å²) in [5.74, 6) is 1.65. The Labute approximate surface area is 154 Å². The first-order chi connectivity index (χ1) is 11.4. The van der Waals surface area contributed by atoms with Crippen LogP contribution in [-0.4, -0.2) is 29.1 Å². The highest BCUT2D eigenvalue weighted by Gasteiger charge is 2.58. The molecule has 0 aromatic rings. The van der Waals surface area contributed by atoms with Gasteiger partial charge in [0.2, 0.25) is 0 Å². The first kappa shape index (κ1) is 19.7. The van der Waals surface area contributed by atoms with Gasteiger partial charge in [0.25, 0.3) is 0 Å². The van der Waals surface area contributed by atoms with Crippen molar-refractivity contribution >= 4 is 9.84 Å². The lowest BCUT2D eigenvalue weighted by Gasteiger charge is -2.45. The fraction of sp³-hybridized carbons (Fsp3) is 1.00. The number of rotatable bonds is 5. The van der Waals surface area contributed by atoms with Crippen molar-refractivity contribution in [2.75, 3.05) is 0 Å². The Morgan fingerprint density at radius 3 is 2.32 bits per heavy atom. The van der Waals surface area contributed by atoms with Gasteiger partial charge in [-0.3, -0.25) is 0 Å². The third-order valence-corrected chi connectivity index (χ3v) is 11.5. The molecule has 0 aromatic heterocycles. The lowest BCUT2D eigenvalue weighted by Crippen LogP contribution is -2.42. The Morgan fingerprint density at radius 2 is 1.76 bits per heavy atom. The second kappa shape index (κ2) is 6.22. The van der Waals surface area contributed by atoms with Gasteiger partial charge in [-0.25, -0.2) is 8.42 Å². The number of aliphatic hydroxyl groups excluding tert-OH is 1. The highest BCUT2D eigenvalue weighted by molar-refractivity contribution is 7.94. The van der Waals surface area contributed by atoms with E-state index < -0.39 is 19.3 Å². The first-order valence-corrected chi connectivity index (χ1v) is 11.9. The molecule has 5 atom stereocenters. The number of aliphatic hydroxyl groups is 1. The second-order valence-corrected chi connectivity index (χ2v) is 13.7. The molecule has 0 aliphatic heterocycles. The molecule has 146 valence electrons. The van der Waals surface area contributed by atoms with Gasteiger partial charge < -0.3 is 5.11 Å². The van der Waals surface area contributed by atoms with Crippen LogP contribution in [-0.2, 0) is 9.84 Å². The third kappa shape index (κ3) is 3.09. The predicted molar refractivity (Wildman–Crippen MR) is 103 cm³/mol. The van der Waals surface area contributed by atoms with Crippen LogP contribution in [0.25, 0.3) is 0 Å². The topological polar surface area (TPSA) is 54.4 Å². The average molecular weight is 371 g/mol. The van der Waals surface area contributed by atoms with Gasteiger partial charge in [0, 0.05) is 0 Å². The molecular weight excluding hydrogens is 332 g/mol. The monoisotopic (exact) mass is 370 g/mol. The third-order valence-electron chi connectivity index (χ3n) is 8.09. The zero-order chi connectivity index (χ0) is 18.7. The van der Waals surface area contributed by atoms with E-state index in [1.54, 1.807) is 0 Å². The summed E-state index contributed by atoms with van der Waals surface area (Å²) in [6.07, 6.45) is 9.11. The Morgan fingerprint density at radius 1 is 1.12 bits per heavy atom. The van der Waals surface area contributed by atoms with Crippen LogP contribution in [0.1, 0.15) is 92.4 Å². The lowest BCUT2D eigenvalue weighted by atomic mass is 9.61. The number of hydrogen-bond donors (Lipinski definition) is 1.